The second-order valence-corrected chi connectivity index (χ2v) is 7.23. The lowest BCUT2D eigenvalue weighted by Gasteiger charge is -2.13. The zero-order valence-corrected chi connectivity index (χ0v) is 15.7. The molecule has 0 radical (unpaired) electrons. The van der Waals surface area contributed by atoms with Crippen LogP contribution in [0.15, 0.2) is 41.3 Å². The van der Waals surface area contributed by atoms with Crippen molar-refractivity contribution in [3.05, 3.63) is 52.0 Å². The van der Waals surface area contributed by atoms with Crippen LogP contribution < -0.4 is 9.46 Å². The van der Waals surface area contributed by atoms with Gasteiger partial charge >= 0.3 is 5.97 Å². The predicted octanol–water partition coefficient (Wildman–Crippen LogP) is 3.98. The van der Waals surface area contributed by atoms with E-state index in [0.29, 0.717) is 5.56 Å². The maximum absolute atomic E-state index is 12.6. The van der Waals surface area contributed by atoms with Crippen molar-refractivity contribution < 1.29 is 22.7 Å². The first-order chi connectivity index (χ1) is 11.8. The Morgan fingerprint density at radius 3 is 2.32 bits per heavy atom. The molecule has 0 unspecified atom stereocenters. The fourth-order valence-electron chi connectivity index (χ4n) is 2.02. The third-order valence-electron chi connectivity index (χ3n) is 3.16. The van der Waals surface area contributed by atoms with Crippen LogP contribution in [-0.2, 0) is 14.8 Å². The van der Waals surface area contributed by atoms with Crippen molar-refractivity contribution in [3.8, 4) is 5.75 Å². The number of methoxy groups -OCH3 is 1. The SMILES string of the molecule is CCOC(=O)c1ccc(NS(=O)(=O)c2ccc(Cl)c(Cl)c2OC)cc1. The maximum Gasteiger partial charge on any atom is 0.338 e. The minimum atomic E-state index is -3.97. The number of nitrogens with one attached hydrogen (secondary N) is 1. The number of hydrogen-bond donors (Lipinski definition) is 1. The molecule has 0 atom stereocenters. The zero-order valence-electron chi connectivity index (χ0n) is 13.4. The van der Waals surface area contributed by atoms with Crippen molar-refractivity contribution in [3.63, 3.8) is 0 Å². The number of ether oxygens (including phenoxy) is 2. The van der Waals surface area contributed by atoms with E-state index in [0.717, 1.165) is 0 Å². The molecule has 134 valence electrons. The first-order valence-corrected chi connectivity index (χ1v) is 9.36. The molecule has 0 aromatic heterocycles. The summed E-state index contributed by atoms with van der Waals surface area (Å²) in [5.41, 5.74) is 0.582. The van der Waals surface area contributed by atoms with Gasteiger partial charge in [-0.2, -0.15) is 0 Å². The highest BCUT2D eigenvalue weighted by Crippen LogP contribution is 2.37. The van der Waals surface area contributed by atoms with Gasteiger partial charge < -0.3 is 9.47 Å². The molecule has 9 heteroatoms. The smallest absolute Gasteiger partial charge is 0.338 e. The normalized spacial score (nSPS) is 11.0. The van der Waals surface area contributed by atoms with Gasteiger partial charge in [0.25, 0.3) is 10.0 Å². The second kappa shape index (κ2) is 7.95. The first-order valence-electron chi connectivity index (χ1n) is 7.12. The molecular weight excluding hydrogens is 389 g/mol. The van der Waals surface area contributed by atoms with Crippen molar-refractivity contribution >= 4 is 44.9 Å². The van der Waals surface area contributed by atoms with E-state index in [-0.39, 0.29) is 33.0 Å². The third-order valence-corrected chi connectivity index (χ3v) is 5.35. The quantitative estimate of drug-likeness (QED) is 0.737. The zero-order chi connectivity index (χ0) is 18.6. The van der Waals surface area contributed by atoms with Crippen LogP contribution in [0.4, 0.5) is 5.69 Å². The molecule has 0 amide bonds. The first kappa shape index (κ1) is 19.4. The molecule has 0 heterocycles. The van der Waals surface area contributed by atoms with Crippen LogP contribution in [-0.4, -0.2) is 28.1 Å². The van der Waals surface area contributed by atoms with Crippen molar-refractivity contribution in [2.24, 2.45) is 0 Å². The molecule has 0 fully saturated rings. The molecule has 0 aliphatic rings. The standard InChI is InChI=1S/C16H15Cl2NO5S/c1-3-24-16(20)10-4-6-11(7-5-10)19-25(21,22)13-9-8-12(17)14(18)15(13)23-2/h4-9,19H,3H2,1-2H3. The Hall–Kier alpha value is -1.96. The van der Waals surface area contributed by atoms with Crippen LogP contribution >= 0.6 is 23.2 Å². The van der Waals surface area contributed by atoms with Gasteiger partial charge in [0.15, 0.2) is 5.75 Å². The average Bonchev–Trinajstić information content (AvgIpc) is 2.57. The summed E-state index contributed by atoms with van der Waals surface area (Å²) in [7, 11) is -2.68. The number of hydrogen-bond acceptors (Lipinski definition) is 5. The third kappa shape index (κ3) is 4.36. The summed E-state index contributed by atoms with van der Waals surface area (Å²) in [5, 5.41) is 0.181. The molecule has 0 saturated carbocycles. The number of benzene rings is 2. The minimum absolute atomic E-state index is 0.00435. The summed E-state index contributed by atoms with van der Waals surface area (Å²) >= 11 is 11.9. The van der Waals surface area contributed by atoms with E-state index in [4.69, 9.17) is 32.7 Å². The summed E-state index contributed by atoms with van der Waals surface area (Å²) in [6.07, 6.45) is 0. The highest BCUT2D eigenvalue weighted by Gasteiger charge is 2.23. The van der Waals surface area contributed by atoms with Gasteiger partial charge in [0.1, 0.15) is 9.92 Å². The Morgan fingerprint density at radius 2 is 1.76 bits per heavy atom. The molecule has 0 saturated heterocycles. The molecule has 2 aromatic carbocycles. The van der Waals surface area contributed by atoms with Crippen molar-refractivity contribution in [1.29, 1.82) is 0 Å². The van der Waals surface area contributed by atoms with Crippen molar-refractivity contribution in [2.75, 3.05) is 18.4 Å². The topological polar surface area (TPSA) is 81.7 Å². The largest absolute Gasteiger partial charge is 0.494 e. The van der Waals surface area contributed by atoms with E-state index in [1.807, 2.05) is 0 Å². The average molecular weight is 404 g/mol. The minimum Gasteiger partial charge on any atom is -0.494 e. The van der Waals surface area contributed by atoms with Gasteiger partial charge in [0.2, 0.25) is 0 Å². The van der Waals surface area contributed by atoms with Crippen molar-refractivity contribution in [2.45, 2.75) is 11.8 Å². The van der Waals surface area contributed by atoms with E-state index in [9.17, 15) is 13.2 Å². The highest BCUT2D eigenvalue weighted by atomic mass is 35.5. The molecule has 0 spiro atoms. The van der Waals surface area contributed by atoms with Crippen LogP contribution in [0.1, 0.15) is 17.3 Å². The van der Waals surface area contributed by atoms with Gasteiger partial charge in [-0.3, -0.25) is 4.72 Å². The number of anilines is 1. The Balaban J connectivity index is 2.31. The fourth-order valence-corrected chi connectivity index (χ4v) is 3.69. The van der Waals surface area contributed by atoms with Gasteiger partial charge in [0, 0.05) is 5.69 Å². The van der Waals surface area contributed by atoms with Crippen LogP contribution in [0.5, 0.6) is 5.75 Å². The van der Waals surface area contributed by atoms with Crippen LogP contribution in [0.3, 0.4) is 0 Å². The van der Waals surface area contributed by atoms with Gasteiger partial charge in [-0.25, -0.2) is 13.2 Å². The van der Waals surface area contributed by atoms with Crippen LogP contribution in [0.2, 0.25) is 10.0 Å². The molecule has 1 N–H and O–H groups in total. The number of halogens is 2. The number of esters is 1. The van der Waals surface area contributed by atoms with Crippen LogP contribution in [0, 0.1) is 0 Å². The fraction of sp³-hybridized carbons (Fsp3) is 0.188. The Morgan fingerprint density at radius 1 is 1.12 bits per heavy atom. The number of sulfonamides is 1. The predicted molar refractivity (Wildman–Crippen MR) is 96.2 cm³/mol. The number of carbonyl (C=O) groups is 1. The summed E-state index contributed by atoms with van der Waals surface area (Å²) in [5.74, 6) is -0.534. The van der Waals surface area contributed by atoms with E-state index < -0.39 is 16.0 Å². The lowest BCUT2D eigenvalue weighted by molar-refractivity contribution is 0.0526. The van der Waals surface area contributed by atoms with Crippen molar-refractivity contribution in [1.82, 2.24) is 0 Å². The summed E-state index contributed by atoms with van der Waals surface area (Å²) in [4.78, 5) is 11.5. The van der Waals surface area contributed by atoms with Gasteiger partial charge in [-0.1, -0.05) is 23.2 Å². The number of carbonyl (C=O) groups excluding carboxylic acids is 1. The molecule has 0 aliphatic heterocycles. The monoisotopic (exact) mass is 403 g/mol. The highest BCUT2D eigenvalue weighted by molar-refractivity contribution is 7.92. The molecule has 2 rings (SSSR count). The van der Waals surface area contributed by atoms with Gasteiger partial charge in [0.05, 0.1) is 24.3 Å². The second-order valence-electron chi connectivity index (χ2n) is 4.80. The van der Waals surface area contributed by atoms with Crippen LogP contribution in [0.25, 0.3) is 0 Å². The summed E-state index contributed by atoms with van der Waals surface area (Å²) in [6.45, 7) is 1.95. The maximum atomic E-state index is 12.6. The summed E-state index contributed by atoms with van der Waals surface area (Å²) < 4.78 is 37.5. The Labute approximate surface area is 155 Å². The molecular formula is C16H15Cl2NO5S. The molecule has 2 aromatic rings. The molecule has 25 heavy (non-hydrogen) atoms. The summed E-state index contributed by atoms with van der Waals surface area (Å²) in [6, 6.07) is 8.48. The van der Waals surface area contributed by atoms with E-state index in [2.05, 4.69) is 4.72 Å². The van der Waals surface area contributed by atoms with E-state index in [1.165, 1.54) is 43.5 Å². The molecule has 0 bridgehead atoms. The van der Waals surface area contributed by atoms with E-state index in [1.54, 1.807) is 6.92 Å². The van der Waals surface area contributed by atoms with Gasteiger partial charge in [-0.15, -0.1) is 0 Å². The van der Waals surface area contributed by atoms with E-state index >= 15 is 0 Å². The molecule has 0 aliphatic carbocycles. The van der Waals surface area contributed by atoms with Gasteiger partial charge in [-0.05, 0) is 43.3 Å². The molecule has 6 nitrogen and oxygen atoms in total. The lowest BCUT2D eigenvalue weighted by Crippen LogP contribution is -2.14. The Bertz CT molecular complexity index is 882. The number of rotatable bonds is 6. The Kier molecular flexibility index (Phi) is 6.16. The lowest BCUT2D eigenvalue weighted by atomic mass is 10.2.